The highest BCUT2D eigenvalue weighted by Crippen LogP contribution is 2.24. The Bertz CT molecular complexity index is 381. The van der Waals surface area contributed by atoms with Gasteiger partial charge in [0.05, 0.1) is 18.3 Å². The molecule has 0 bridgehead atoms. The lowest BCUT2D eigenvalue weighted by atomic mass is 9.88. The van der Waals surface area contributed by atoms with Crippen LogP contribution in [0.25, 0.3) is 0 Å². The van der Waals surface area contributed by atoms with E-state index in [1.807, 2.05) is 20.8 Å². The van der Waals surface area contributed by atoms with Gasteiger partial charge in [0.25, 0.3) is 0 Å². The highest BCUT2D eigenvalue weighted by molar-refractivity contribution is 5.79. The van der Waals surface area contributed by atoms with E-state index in [1.54, 1.807) is 0 Å². The maximum absolute atomic E-state index is 12.3. The minimum absolute atomic E-state index is 0.211. The second-order valence-corrected chi connectivity index (χ2v) is 8.50. The summed E-state index contributed by atoms with van der Waals surface area (Å²) in [4.78, 5) is 14.6. The van der Waals surface area contributed by atoms with Crippen molar-refractivity contribution < 1.29 is 14.6 Å². The Morgan fingerprint density at radius 2 is 1.79 bits per heavy atom. The molecule has 140 valence electrons. The van der Waals surface area contributed by atoms with Gasteiger partial charge in [0.15, 0.2) is 0 Å². The van der Waals surface area contributed by atoms with Crippen molar-refractivity contribution in [2.45, 2.75) is 83.5 Å². The molecule has 24 heavy (non-hydrogen) atoms. The van der Waals surface area contributed by atoms with E-state index >= 15 is 0 Å². The molecule has 1 atom stereocenters. The molecule has 0 aromatic rings. The Labute approximate surface area is 147 Å². The lowest BCUT2D eigenvalue weighted by Gasteiger charge is -2.34. The van der Waals surface area contributed by atoms with Gasteiger partial charge in [-0.1, -0.05) is 19.3 Å². The van der Waals surface area contributed by atoms with E-state index in [1.165, 1.54) is 19.3 Å². The van der Waals surface area contributed by atoms with Gasteiger partial charge in [-0.3, -0.25) is 4.79 Å². The van der Waals surface area contributed by atoms with Gasteiger partial charge < -0.3 is 20.1 Å². The van der Waals surface area contributed by atoms with Crippen LogP contribution in [0.5, 0.6) is 0 Å². The lowest BCUT2D eigenvalue weighted by Crippen LogP contribution is -2.48. The van der Waals surface area contributed by atoms with Gasteiger partial charge in [0.2, 0.25) is 5.91 Å². The molecule has 1 aliphatic carbocycles. The monoisotopic (exact) mass is 340 g/mol. The summed E-state index contributed by atoms with van der Waals surface area (Å²) in [6, 6.07) is 0.304. The molecule has 2 N–H and O–H groups in total. The quantitative estimate of drug-likeness (QED) is 0.779. The fourth-order valence-corrected chi connectivity index (χ4v) is 3.64. The van der Waals surface area contributed by atoms with E-state index in [9.17, 15) is 9.90 Å². The SMILES string of the molecule is CC(C)(C)OCC(O)CN1CCC(NC(=O)C2CCCCC2)CC1. The number of ether oxygens (including phenoxy) is 1. The van der Waals surface area contributed by atoms with Crippen LogP contribution in [0.1, 0.15) is 65.7 Å². The summed E-state index contributed by atoms with van der Waals surface area (Å²) in [7, 11) is 0. The number of rotatable bonds is 6. The fraction of sp³-hybridized carbons (Fsp3) is 0.947. The molecule has 0 spiro atoms. The van der Waals surface area contributed by atoms with Gasteiger partial charge in [0, 0.05) is 31.6 Å². The zero-order valence-corrected chi connectivity index (χ0v) is 15.7. The first-order valence-electron chi connectivity index (χ1n) is 9.68. The van der Waals surface area contributed by atoms with Crippen LogP contribution in [-0.4, -0.2) is 59.9 Å². The summed E-state index contributed by atoms with van der Waals surface area (Å²) >= 11 is 0. The first-order valence-corrected chi connectivity index (χ1v) is 9.68. The summed E-state index contributed by atoms with van der Waals surface area (Å²) < 4.78 is 5.64. The van der Waals surface area contributed by atoms with Gasteiger partial charge >= 0.3 is 0 Å². The Kier molecular flexibility index (Phi) is 7.51. The van der Waals surface area contributed by atoms with Crippen molar-refractivity contribution in [1.29, 1.82) is 0 Å². The third-order valence-corrected chi connectivity index (χ3v) is 5.09. The second-order valence-electron chi connectivity index (χ2n) is 8.50. The fourth-order valence-electron chi connectivity index (χ4n) is 3.64. The van der Waals surface area contributed by atoms with Gasteiger partial charge in [-0.2, -0.15) is 0 Å². The molecule has 1 unspecified atom stereocenters. The number of carbonyl (C=O) groups excluding carboxylic acids is 1. The number of nitrogens with zero attached hydrogens (tertiary/aromatic N) is 1. The molecule has 1 saturated carbocycles. The summed E-state index contributed by atoms with van der Waals surface area (Å²) in [6.45, 7) is 8.90. The number of amides is 1. The Hall–Kier alpha value is -0.650. The number of likely N-dealkylation sites (tertiary alicyclic amines) is 1. The highest BCUT2D eigenvalue weighted by Gasteiger charge is 2.26. The van der Waals surface area contributed by atoms with Crippen molar-refractivity contribution in [1.82, 2.24) is 10.2 Å². The van der Waals surface area contributed by atoms with Gasteiger partial charge in [-0.05, 0) is 46.5 Å². The molecule has 2 fully saturated rings. The van der Waals surface area contributed by atoms with E-state index in [-0.39, 0.29) is 17.4 Å². The predicted molar refractivity (Wildman–Crippen MR) is 95.9 cm³/mol. The number of nitrogens with one attached hydrogen (secondary N) is 1. The van der Waals surface area contributed by atoms with Crippen LogP contribution in [0.2, 0.25) is 0 Å². The van der Waals surface area contributed by atoms with E-state index in [0.29, 0.717) is 19.2 Å². The number of hydrogen-bond donors (Lipinski definition) is 2. The van der Waals surface area contributed by atoms with E-state index in [0.717, 1.165) is 38.8 Å². The third kappa shape index (κ3) is 7.08. The van der Waals surface area contributed by atoms with Crippen molar-refractivity contribution in [2.24, 2.45) is 5.92 Å². The van der Waals surface area contributed by atoms with E-state index in [2.05, 4.69) is 10.2 Å². The summed E-state index contributed by atoms with van der Waals surface area (Å²) in [5, 5.41) is 13.4. The molecule has 2 rings (SSSR count). The molecule has 5 heteroatoms. The maximum atomic E-state index is 12.3. The van der Waals surface area contributed by atoms with Crippen LogP contribution in [0.4, 0.5) is 0 Å². The molecule has 1 heterocycles. The molecule has 1 saturated heterocycles. The average Bonchev–Trinajstić information content (AvgIpc) is 2.55. The van der Waals surface area contributed by atoms with Crippen molar-refractivity contribution in [3.05, 3.63) is 0 Å². The van der Waals surface area contributed by atoms with Crippen molar-refractivity contribution in [3.8, 4) is 0 Å². The van der Waals surface area contributed by atoms with Crippen LogP contribution in [-0.2, 0) is 9.53 Å². The number of aliphatic hydroxyl groups excluding tert-OH is 1. The number of piperidine rings is 1. The highest BCUT2D eigenvalue weighted by atomic mass is 16.5. The van der Waals surface area contributed by atoms with Crippen LogP contribution < -0.4 is 5.32 Å². The standard InChI is InChI=1S/C19H36N2O3/c1-19(2,3)24-14-17(22)13-21-11-9-16(10-12-21)20-18(23)15-7-5-4-6-8-15/h15-17,22H,4-14H2,1-3H3,(H,20,23). The molecule has 0 aromatic carbocycles. The maximum Gasteiger partial charge on any atom is 0.223 e. The van der Waals surface area contributed by atoms with Crippen molar-refractivity contribution in [2.75, 3.05) is 26.2 Å². The number of carbonyl (C=O) groups is 1. The Balaban J connectivity index is 1.63. The molecular formula is C19H36N2O3. The molecular weight excluding hydrogens is 304 g/mol. The smallest absolute Gasteiger partial charge is 0.223 e. The van der Waals surface area contributed by atoms with E-state index < -0.39 is 6.10 Å². The van der Waals surface area contributed by atoms with Gasteiger partial charge in [-0.15, -0.1) is 0 Å². The van der Waals surface area contributed by atoms with E-state index in [4.69, 9.17) is 4.74 Å². The van der Waals surface area contributed by atoms with Crippen molar-refractivity contribution in [3.63, 3.8) is 0 Å². The molecule has 2 aliphatic rings. The van der Waals surface area contributed by atoms with Crippen LogP contribution >= 0.6 is 0 Å². The first-order chi connectivity index (χ1) is 11.3. The second kappa shape index (κ2) is 9.16. The molecule has 0 aromatic heterocycles. The molecule has 0 radical (unpaired) electrons. The average molecular weight is 341 g/mol. The Morgan fingerprint density at radius 3 is 2.38 bits per heavy atom. The first kappa shape index (κ1) is 19.7. The molecule has 5 nitrogen and oxygen atoms in total. The predicted octanol–water partition coefficient (Wildman–Crippen LogP) is 2.32. The number of hydrogen-bond acceptors (Lipinski definition) is 4. The number of aliphatic hydroxyl groups is 1. The third-order valence-electron chi connectivity index (χ3n) is 5.09. The number of β-amino-alcohol motifs (C(OH)–C–C–N with tert-alkyl or cyclic N) is 1. The summed E-state index contributed by atoms with van der Waals surface area (Å²) in [5.41, 5.74) is -0.211. The van der Waals surface area contributed by atoms with Crippen LogP contribution in [0.15, 0.2) is 0 Å². The zero-order valence-electron chi connectivity index (χ0n) is 15.7. The van der Waals surface area contributed by atoms with Gasteiger partial charge in [-0.25, -0.2) is 0 Å². The largest absolute Gasteiger partial charge is 0.389 e. The summed E-state index contributed by atoms with van der Waals surface area (Å²) in [6.07, 6.45) is 7.31. The van der Waals surface area contributed by atoms with Gasteiger partial charge in [0.1, 0.15) is 0 Å². The molecule has 1 aliphatic heterocycles. The zero-order chi connectivity index (χ0) is 17.6. The lowest BCUT2D eigenvalue weighted by molar-refractivity contribution is -0.127. The molecule has 1 amide bonds. The van der Waals surface area contributed by atoms with Crippen molar-refractivity contribution >= 4 is 5.91 Å². The van der Waals surface area contributed by atoms with Crippen LogP contribution in [0, 0.1) is 5.92 Å². The summed E-state index contributed by atoms with van der Waals surface area (Å²) in [5.74, 6) is 0.514. The van der Waals surface area contributed by atoms with Crippen LogP contribution in [0.3, 0.4) is 0 Å². The normalized spacial score (nSPS) is 23.2. The topological polar surface area (TPSA) is 61.8 Å². The Morgan fingerprint density at radius 1 is 1.17 bits per heavy atom. The minimum atomic E-state index is -0.447. The minimum Gasteiger partial charge on any atom is -0.389 e.